The van der Waals surface area contributed by atoms with Crippen LogP contribution < -0.4 is 5.32 Å². The molecular weight excluding hydrogens is 262 g/mol. The molecule has 2 aromatic rings. The molecule has 0 amide bonds. The van der Waals surface area contributed by atoms with Gasteiger partial charge in [0, 0.05) is 12.1 Å². The van der Waals surface area contributed by atoms with Crippen molar-refractivity contribution in [2.45, 2.75) is 5.92 Å². The third-order valence-electron chi connectivity index (χ3n) is 2.42. The predicted molar refractivity (Wildman–Crippen MR) is 63.3 cm³/mol. The van der Waals surface area contributed by atoms with Crippen LogP contribution in [-0.4, -0.2) is 39.1 Å². The van der Waals surface area contributed by atoms with Crippen molar-refractivity contribution in [3.63, 3.8) is 0 Å². The van der Waals surface area contributed by atoms with Crippen molar-refractivity contribution >= 4 is 22.7 Å². The molecule has 1 heterocycles. The Bertz CT molecular complexity index is 614. The predicted octanol–water partition coefficient (Wildman–Crippen LogP) is 1.51. The van der Waals surface area contributed by atoms with Gasteiger partial charge in [0.2, 0.25) is 5.95 Å². The highest BCUT2D eigenvalue weighted by Gasteiger charge is 2.27. The number of hydrogen-bond donors (Lipinski definition) is 3. The second-order valence-electron chi connectivity index (χ2n) is 3.91. The minimum absolute atomic E-state index is 0.0589. The van der Waals surface area contributed by atoms with E-state index in [1.807, 2.05) is 0 Å². The molecule has 9 heteroatoms. The second kappa shape index (κ2) is 4.76. The number of anilines is 1. The molecule has 0 fully saturated rings. The van der Waals surface area contributed by atoms with E-state index in [0.29, 0.717) is 11.0 Å². The summed E-state index contributed by atoms with van der Waals surface area (Å²) in [7, 11) is 0. The monoisotopic (exact) mass is 272 g/mol. The van der Waals surface area contributed by atoms with Crippen LogP contribution in [0.1, 0.15) is 0 Å². The third kappa shape index (κ3) is 2.94. The van der Waals surface area contributed by atoms with Crippen LogP contribution >= 0.6 is 0 Å². The molecule has 1 aromatic heterocycles. The van der Waals surface area contributed by atoms with Gasteiger partial charge in [-0.25, -0.2) is 13.8 Å². The maximum absolute atomic E-state index is 12.8. The molecule has 0 radical (unpaired) electrons. The molecule has 0 atom stereocenters. The third-order valence-corrected chi connectivity index (χ3v) is 2.42. The molecule has 102 valence electrons. The molecule has 0 spiro atoms. The van der Waals surface area contributed by atoms with E-state index in [9.17, 15) is 18.9 Å². The quantitative estimate of drug-likeness (QED) is 0.565. The number of non-ortho nitro benzene ring substituents is 1. The molecule has 0 aliphatic carbocycles. The van der Waals surface area contributed by atoms with Crippen molar-refractivity contribution in [1.82, 2.24) is 9.97 Å². The van der Waals surface area contributed by atoms with Crippen molar-refractivity contribution < 1.29 is 18.8 Å². The summed E-state index contributed by atoms with van der Waals surface area (Å²) in [6.07, 6.45) is 0. The number of H-pyrrole nitrogens is 1. The van der Waals surface area contributed by atoms with Crippen LogP contribution in [0, 0.1) is 10.1 Å². The summed E-state index contributed by atoms with van der Waals surface area (Å²) in [6, 6.07) is 3.95. The molecule has 2 rings (SSSR count). The van der Waals surface area contributed by atoms with Gasteiger partial charge in [-0.2, -0.15) is 0 Å². The topological polar surface area (TPSA) is 104 Å². The number of benzene rings is 1. The zero-order valence-corrected chi connectivity index (χ0v) is 9.56. The van der Waals surface area contributed by atoms with Gasteiger partial charge in [-0.15, -0.1) is 0 Å². The van der Waals surface area contributed by atoms with Gasteiger partial charge in [-0.3, -0.25) is 10.1 Å². The number of nitrogens with one attached hydrogen (secondary N) is 2. The number of aromatic nitrogens is 2. The Morgan fingerprint density at radius 2 is 2.26 bits per heavy atom. The first-order valence-electron chi connectivity index (χ1n) is 5.28. The fraction of sp³-hybridized carbons (Fsp3) is 0.300. The molecule has 1 aromatic carbocycles. The lowest BCUT2D eigenvalue weighted by Crippen LogP contribution is -2.31. The van der Waals surface area contributed by atoms with Crippen LogP contribution in [0.2, 0.25) is 0 Å². The fourth-order valence-corrected chi connectivity index (χ4v) is 1.46. The lowest BCUT2D eigenvalue weighted by Gasteiger charge is -2.12. The van der Waals surface area contributed by atoms with Gasteiger partial charge in [-0.1, -0.05) is 0 Å². The highest BCUT2D eigenvalue weighted by Crippen LogP contribution is 2.21. The van der Waals surface area contributed by atoms with Gasteiger partial charge < -0.3 is 15.4 Å². The summed E-state index contributed by atoms with van der Waals surface area (Å²) < 4.78 is 25.6. The number of aliphatic hydroxyl groups excluding tert-OH is 1. The number of aromatic amines is 1. The van der Waals surface area contributed by atoms with Crippen LogP contribution in [-0.2, 0) is 0 Å². The van der Waals surface area contributed by atoms with Gasteiger partial charge in [0.1, 0.15) is 6.61 Å². The van der Waals surface area contributed by atoms with Crippen LogP contribution in [0.4, 0.5) is 20.4 Å². The second-order valence-corrected chi connectivity index (χ2v) is 3.91. The highest BCUT2D eigenvalue weighted by atomic mass is 19.3. The molecule has 19 heavy (non-hydrogen) atoms. The standard InChI is InChI=1S/C10H10F2N4O3/c11-10(12,5-17)4-13-9-14-7-2-1-6(16(18)19)3-8(7)15-9/h1-3,17H,4-5H2,(H2,13,14,15). The molecule has 0 saturated heterocycles. The Labute approximate surface area is 105 Å². The van der Waals surface area contributed by atoms with E-state index in [-0.39, 0.29) is 11.6 Å². The smallest absolute Gasteiger partial charge is 0.287 e. The summed E-state index contributed by atoms with van der Waals surface area (Å²) in [6.45, 7) is -2.06. The molecule has 0 saturated carbocycles. The first kappa shape index (κ1) is 13.1. The molecular formula is C10H10F2N4O3. The number of nitro groups is 1. The minimum atomic E-state index is -3.26. The van der Waals surface area contributed by atoms with Crippen LogP contribution in [0.3, 0.4) is 0 Å². The Kier molecular flexibility index (Phi) is 3.30. The summed E-state index contributed by atoms with van der Waals surface area (Å²) in [5.74, 6) is -3.20. The lowest BCUT2D eigenvalue weighted by molar-refractivity contribution is -0.384. The van der Waals surface area contributed by atoms with Crippen LogP contribution in [0.25, 0.3) is 11.0 Å². The van der Waals surface area contributed by atoms with Gasteiger partial charge >= 0.3 is 0 Å². The molecule has 3 N–H and O–H groups in total. The van der Waals surface area contributed by atoms with Crippen molar-refractivity contribution in [1.29, 1.82) is 0 Å². The first-order chi connectivity index (χ1) is 8.91. The van der Waals surface area contributed by atoms with E-state index in [1.165, 1.54) is 18.2 Å². The summed E-state index contributed by atoms with van der Waals surface area (Å²) >= 11 is 0. The normalized spacial score (nSPS) is 11.7. The number of hydrogen-bond acceptors (Lipinski definition) is 5. The maximum Gasteiger partial charge on any atom is 0.287 e. The van der Waals surface area contributed by atoms with Gasteiger partial charge in [-0.05, 0) is 6.07 Å². The maximum atomic E-state index is 12.8. The number of nitrogens with zero attached hydrogens (tertiary/aromatic N) is 2. The van der Waals surface area contributed by atoms with Gasteiger partial charge in [0.05, 0.1) is 22.5 Å². The lowest BCUT2D eigenvalue weighted by atomic mass is 10.3. The number of aliphatic hydroxyl groups is 1. The number of imidazole rings is 1. The largest absolute Gasteiger partial charge is 0.390 e. The van der Waals surface area contributed by atoms with Crippen molar-refractivity contribution in [3.05, 3.63) is 28.3 Å². The molecule has 0 unspecified atom stereocenters. The van der Waals surface area contributed by atoms with E-state index < -0.39 is 24.0 Å². The summed E-state index contributed by atoms with van der Waals surface area (Å²) in [5, 5.41) is 21.3. The molecule has 0 aliphatic heterocycles. The zero-order chi connectivity index (χ0) is 14.0. The zero-order valence-electron chi connectivity index (χ0n) is 9.56. The minimum Gasteiger partial charge on any atom is -0.390 e. The SMILES string of the molecule is O=[N+]([O-])c1ccc2nc(NCC(F)(F)CO)[nH]c2c1. The van der Waals surface area contributed by atoms with E-state index in [0.717, 1.165) is 0 Å². The summed E-state index contributed by atoms with van der Waals surface area (Å²) in [5.41, 5.74) is 0.660. The van der Waals surface area contributed by atoms with Crippen LogP contribution in [0.5, 0.6) is 0 Å². The van der Waals surface area contributed by atoms with Gasteiger partial charge in [0.15, 0.2) is 0 Å². The van der Waals surface area contributed by atoms with E-state index in [4.69, 9.17) is 5.11 Å². The Morgan fingerprint density at radius 3 is 2.89 bits per heavy atom. The summed E-state index contributed by atoms with van der Waals surface area (Å²) in [4.78, 5) is 16.6. The van der Waals surface area contributed by atoms with Crippen molar-refractivity contribution in [2.75, 3.05) is 18.5 Å². The van der Waals surface area contributed by atoms with Gasteiger partial charge in [0.25, 0.3) is 11.6 Å². The van der Waals surface area contributed by atoms with Crippen molar-refractivity contribution in [3.8, 4) is 0 Å². The van der Waals surface area contributed by atoms with E-state index >= 15 is 0 Å². The average molecular weight is 272 g/mol. The number of fused-ring (bicyclic) bond motifs is 1. The van der Waals surface area contributed by atoms with E-state index in [1.54, 1.807) is 0 Å². The fourth-order valence-electron chi connectivity index (χ4n) is 1.46. The Balaban J connectivity index is 2.20. The first-order valence-corrected chi connectivity index (χ1v) is 5.28. The average Bonchev–Trinajstić information content (AvgIpc) is 2.78. The molecule has 7 nitrogen and oxygen atoms in total. The number of nitro benzene ring substituents is 1. The Hall–Kier alpha value is -2.29. The number of halogens is 2. The number of rotatable bonds is 5. The molecule has 0 aliphatic rings. The highest BCUT2D eigenvalue weighted by molar-refractivity contribution is 5.79. The Morgan fingerprint density at radius 1 is 1.53 bits per heavy atom. The van der Waals surface area contributed by atoms with Crippen LogP contribution in [0.15, 0.2) is 18.2 Å². The van der Waals surface area contributed by atoms with Crippen molar-refractivity contribution in [2.24, 2.45) is 0 Å². The number of alkyl halides is 2. The molecule has 0 bridgehead atoms. The van der Waals surface area contributed by atoms with E-state index in [2.05, 4.69) is 15.3 Å².